The number of oxime groups is 1. The number of likely N-dealkylation sites (tertiary alicyclic amines) is 1. The molecule has 2 saturated carbocycles. The lowest BCUT2D eigenvalue weighted by atomic mass is 9.98. The Labute approximate surface area is 148 Å². The number of nitrogens with zero attached hydrogens (tertiary/aromatic N) is 4. The fourth-order valence-corrected chi connectivity index (χ4v) is 4.70. The average molecular weight is 342 g/mol. The van der Waals surface area contributed by atoms with Crippen molar-refractivity contribution in [3.8, 4) is 0 Å². The van der Waals surface area contributed by atoms with Gasteiger partial charge in [0.1, 0.15) is 11.3 Å². The fourth-order valence-electron chi connectivity index (χ4n) is 4.70. The molecule has 3 heterocycles. The van der Waals surface area contributed by atoms with Crippen LogP contribution in [0.25, 0.3) is 0 Å². The summed E-state index contributed by atoms with van der Waals surface area (Å²) in [6.07, 6.45) is 7.27. The summed E-state index contributed by atoms with van der Waals surface area (Å²) in [4.78, 5) is 24.6. The van der Waals surface area contributed by atoms with Crippen LogP contribution in [-0.2, 0) is 4.84 Å². The van der Waals surface area contributed by atoms with Crippen molar-refractivity contribution < 1.29 is 9.63 Å². The zero-order valence-electron chi connectivity index (χ0n) is 15.2. The van der Waals surface area contributed by atoms with Gasteiger partial charge in [0, 0.05) is 37.7 Å². The summed E-state index contributed by atoms with van der Waals surface area (Å²) in [6, 6.07) is 0.453. The quantitative estimate of drug-likeness (QED) is 0.845. The number of hydrogen-bond donors (Lipinski definition) is 0. The van der Waals surface area contributed by atoms with Gasteiger partial charge in [0.05, 0.1) is 12.0 Å². The van der Waals surface area contributed by atoms with E-state index in [1.807, 2.05) is 17.4 Å². The van der Waals surface area contributed by atoms with Crippen LogP contribution in [0.15, 0.2) is 17.7 Å². The summed E-state index contributed by atoms with van der Waals surface area (Å²) in [6.45, 7) is 8.04. The van der Waals surface area contributed by atoms with Crippen LogP contribution in [0.5, 0.6) is 0 Å². The van der Waals surface area contributed by atoms with E-state index in [0.29, 0.717) is 29.5 Å². The summed E-state index contributed by atoms with van der Waals surface area (Å²) in [5.41, 5.74) is 1.63. The van der Waals surface area contributed by atoms with E-state index in [1.54, 1.807) is 0 Å². The van der Waals surface area contributed by atoms with Crippen molar-refractivity contribution in [2.75, 3.05) is 13.1 Å². The van der Waals surface area contributed by atoms with Crippen molar-refractivity contribution in [1.29, 1.82) is 0 Å². The highest BCUT2D eigenvalue weighted by atomic mass is 16.7. The van der Waals surface area contributed by atoms with Crippen molar-refractivity contribution in [1.82, 2.24) is 14.5 Å². The molecule has 2 aliphatic heterocycles. The van der Waals surface area contributed by atoms with Crippen molar-refractivity contribution >= 4 is 11.6 Å². The Bertz CT molecular complexity index is 736. The Balaban J connectivity index is 1.20. The molecule has 25 heavy (non-hydrogen) atoms. The Morgan fingerprint density at radius 3 is 2.64 bits per heavy atom. The normalized spacial score (nSPS) is 33.6. The number of imidazole rings is 1. The van der Waals surface area contributed by atoms with Crippen LogP contribution in [0.4, 0.5) is 0 Å². The van der Waals surface area contributed by atoms with Gasteiger partial charge >= 0.3 is 0 Å². The van der Waals surface area contributed by atoms with Gasteiger partial charge in [0.15, 0.2) is 0 Å². The monoisotopic (exact) mass is 342 g/mol. The van der Waals surface area contributed by atoms with Gasteiger partial charge < -0.3 is 14.3 Å². The van der Waals surface area contributed by atoms with Gasteiger partial charge in [-0.05, 0) is 51.4 Å². The first-order chi connectivity index (χ1) is 11.9. The maximum atomic E-state index is 12.8. The number of amides is 1. The third-order valence-electron chi connectivity index (χ3n) is 6.48. The maximum Gasteiger partial charge on any atom is 0.274 e. The lowest BCUT2D eigenvalue weighted by Gasteiger charge is -2.19. The van der Waals surface area contributed by atoms with Crippen LogP contribution in [0.3, 0.4) is 0 Å². The number of aromatic nitrogens is 2. The first-order valence-corrected chi connectivity index (χ1v) is 9.51. The Hall–Kier alpha value is -1.85. The summed E-state index contributed by atoms with van der Waals surface area (Å²) in [5, 5.41) is 4.30. The fraction of sp³-hybridized carbons (Fsp3) is 0.737. The van der Waals surface area contributed by atoms with Gasteiger partial charge in [-0.25, -0.2) is 4.98 Å². The van der Waals surface area contributed by atoms with E-state index in [0.717, 1.165) is 25.4 Å². The molecule has 1 aromatic rings. The predicted molar refractivity (Wildman–Crippen MR) is 93.3 cm³/mol. The predicted octanol–water partition coefficient (Wildman–Crippen LogP) is 2.73. The van der Waals surface area contributed by atoms with Gasteiger partial charge in [-0.2, -0.15) is 0 Å². The molecule has 3 fully saturated rings. The topological polar surface area (TPSA) is 59.7 Å². The molecule has 134 valence electrons. The highest BCUT2D eigenvalue weighted by Crippen LogP contribution is 2.54. The molecule has 0 radical (unpaired) electrons. The summed E-state index contributed by atoms with van der Waals surface area (Å²) >= 11 is 0. The molecule has 0 spiro atoms. The van der Waals surface area contributed by atoms with Crippen LogP contribution < -0.4 is 0 Å². The average Bonchev–Trinajstić information content (AvgIpc) is 3.36. The third-order valence-corrected chi connectivity index (χ3v) is 6.48. The number of fused-ring (bicyclic) bond motifs is 1. The molecule has 0 bridgehead atoms. The summed E-state index contributed by atoms with van der Waals surface area (Å²) in [5.74, 6) is 2.49. The second-order valence-corrected chi connectivity index (χ2v) is 8.96. The highest BCUT2D eigenvalue weighted by Gasteiger charge is 2.60. The van der Waals surface area contributed by atoms with Crippen LogP contribution in [0.1, 0.15) is 56.6 Å². The van der Waals surface area contributed by atoms with E-state index in [-0.39, 0.29) is 11.5 Å². The largest absolute Gasteiger partial charge is 0.389 e. The first kappa shape index (κ1) is 15.4. The van der Waals surface area contributed by atoms with Crippen LogP contribution in [0.2, 0.25) is 0 Å². The number of carbonyl (C=O) groups excluding carboxylic acids is 1. The second kappa shape index (κ2) is 5.08. The molecule has 1 aromatic heterocycles. The van der Waals surface area contributed by atoms with Gasteiger partial charge in [-0.3, -0.25) is 4.79 Å². The molecule has 1 amide bonds. The molecule has 1 unspecified atom stereocenters. The van der Waals surface area contributed by atoms with Crippen molar-refractivity contribution in [3.05, 3.63) is 18.2 Å². The number of carbonyl (C=O) groups is 1. The van der Waals surface area contributed by atoms with Crippen LogP contribution in [-0.4, -0.2) is 44.8 Å². The minimum Gasteiger partial charge on any atom is -0.389 e. The number of piperidine rings is 1. The Kier molecular flexibility index (Phi) is 3.13. The second-order valence-electron chi connectivity index (χ2n) is 8.96. The number of rotatable bonds is 4. The van der Waals surface area contributed by atoms with E-state index in [4.69, 9.17) is 4.84 Å². The summed E-state index contributed by atoms with van der Waals surface area (Å²) in [7, 11) is 0. The van der Waals surface area contributed by atoms with E-state index < -0.39 is 0 Å². The van der Waals surface area contributed by atoms with Gasteiger partial charge in [0.25, 0.3) is 5.91 Å². The molecule has 4 aliphatic rings. The van der Waals surface area contributed by atoms with E-state index in [9.17, 15) is 4.79 Å². The minimum absolute atomic E-state index is 0.0811. The number of hydrogen-bond acceptors (Lipinski definition) is 4. The smallest absolute Gasteiger partial charge is 0.274 e. The van der Waals surface area contributed by atoms with Crippen molar-refractivity contribution in [2.24, 2.45) is 28.8 Å². The van der Waals surface area contributed by atoms with E-state index in [2.05, 4.69) is 35.5 Å². The molecule has 4 atom stereocenters. The first-order valence-electron chi connectivity index (χ1n) is 9.51. The standard InChI is InChI=1S/C19H26N4O2/c1-11(12-4-5-12)23-9-16(20-10-23)18(24)22-7-13-14(8-22)17(13)15-6-19(2,3)25-21-15/h9-14,17H,4-8H2,1-3H3/t11-,13-,14+,17?/m1/s1. The zero-order chi connectivity index (χ0) is 17.3. The SMILES string of the molecule is C[C@H](C1CC1)n1cnc(C(=O)N2C[C@@H]3C(C4=NOC(C)(C)C4)[C@@H]3C2)c1. The van der Waals surface area contributed by atoms with Crippen LogP contribution in [0, 0.1) is 23.7 Å². The highest BCUT2D eigenvalue weighted by molar-refractivity contribution is 5.94. The van der Waals surface area contributed by atoms with E-state index >= 15 is 0 Å². The molecular formula is C19H26N4O2. The lowest BCUT2D eigenvalue weighted by molar-refractivity contribution is 0.0123. The third kappa shape index (κ3) is 2.57. The van der Waals surface area contributed by atoms with Crippen molar-refractivity contribution in [2.45, 2.75) is 51.7 Å². The minimum atomic E-state index is -0.160. The Morgan fingerprint density at radius 2 is 2.04 bits per heavy atom. The molecular weight excluding hydrogens is 316 g/mol. The molecule has 6 heteroatoms. The molecule has 5 rings (SSSR count). The van der Waals surface area contributed by atoms with Crippen LogP contribution >= 0.6 is 0 Å². The van der Waals surface area contributed by atoms with Gasteiger partial charge in [-0.15, -0.1) is 0 Å². The lowest BCUT2D eigenvalue weighted by Crippen LogP contribution is -2.33. The Morgan fingerprint density at radius 1 is 1.32 bits per heavy atom. The van der Waals surface area contributed by atoms with Gasteiger partial charge in [0.2, 0.25) is 0 Å². The zero-order valence-corrected chi connectivity index (χ0v) is 15.2. The van der Waals surface area contributed by atoms with Gasteiger partial charge in [-0.1, -0.05) is 5.16 Å². The van der Waals surface area contributed by atoms with Crippen molar-refractivity contribution in [3.63, 3.8) is 0 Å². The summed E-state index contributed by atoms with van der Waals surface area (Å²) < 4.78 is 2.11. The maximum absolute atomic E-state index is 12.8. The molecule has 0 aromatic carbocycles. The molecule has 2 aliphatic carbocycles. The van der Waals surface area contributed by atoms with E-state index in [1.165, 1.54) is 18.6 Å². The molecule has 0 N–H and O–H groups in total. The molecule has 1 saturated heterocycles. The molecule has 6 nitrogen and oxygen atoms in total.